The van der Waals surface area contributed by atoms with Gasteiger partial charge in [0.25, 0.3) is 0 Å². The number of hydrogen-bond donors (Lipinski definition) is 1. The summed E-state index contributed by atoms with van der Waals surface area (Å²) in [4.78, 5) is 2.47. The van der Waals surface area contributed by atoms with E-state index in [0.29, 0.717) is 12.6 Å². The lowest BCUT2D eigenvalue weighted by Crippen LogP contribution is -2.35. The van der Waals surface area contributed by atoms with E-state index in [0.717, 1.165) is 12.1 Å². The fraction of sp³-hybridized carbons (Fsp3) is 0.375. The summed E-state index contributed by atoms with van der Waals surface area (Å²) in [7, 11) is 0. The molecule has 0 amide bonds. The first-order valence-corrected chi connectivity index (χ1v) is 7.94. The molecule has 2 nitrogen and oxygen atoms in total. The number of benzene rings is 1. The minimum atomic E-state index is -0.194. The SMILES string of the molecule is NCC(c1ccc(F)cc1)N(Cc1ccsc1)C1CC1. The monoisotopic (exact) mass is 290 g/mol. The Morgan fingerprint density at radius 3 is 2.55 bits per heavy atom. The van der Waals surface area contributed by atoms with Crippen molar-refractivity contribution in [3.63, 3.8) is 0 Å². The molecule has 0 radical (unpaired) electrons. The second-order valence-electron chi connectivity index (χ2n) is 5.34. The van der Waals surface area contributed by atoms with E-state index < -0.39 is 0 Å². The average Bonchev–Trinajstić information content (AvgIpc) is 3.18. The molecular weight excluding hydrogens is 271 g/mol. The predicted octanol–water partition coefficient (Wildman–Crippen LogP) is 3.55. The summed E-state index contributed by atoms with van der Waals surface area (Å²) < 4.78 is 13.1. The van der Waals surface area contributed by atoms with Crippen LogP contribution in [-0.4, -0.2) is 17.5 Å². The molecule has 1 atom stereocenters. The minimum Gasteiger partial charge on any atom is -0.329 e. The first-order valence-electron chi connectivity index (χ1n) is 7.00. The van der Waals surface area contributed by atoms with E-state index in [4.69, 9.17) is 5.73 Å². The van der Waals surface area contributed by atoms with Crippen LogP contribution in [0.15, 0.2) is 41.1 Å². The molecule has 2 N–H and O–H groups in total. The van der Waals surface area contributed by atoms with Gasteiger partial charge in [-0.15, -0.1) is 0 Å². The van der Waals surface area contributed by atoms with Crippen LogP contribution < -0.4 is 5.73 Å². The molecule has 1 aliphatic carbocycles. The van der Waals surface area contributed by atoms with Gasteiger partial charge in [0, 0.05) is 25.2 Å². The van der Waals surface area contributed by atoms with E-state index in [1.165, 1.54) is 30.5 Å². The van der Waals surface area contributed by atoms with Gasteiger partial charge in [-0.05, 0) is 52.9 Å². The molecule has 1 aromatic carbocycles. The van der Waals surface area contributed by atoms with E-state index in [2.05, 4.69) is 21.7 Å². The summed E-state index contributed by atoms with van der Waals surface area (Å²) in [6.07, 6.45) is 2.48. The van der Waals surface area contributed by atoms with E-state index in [1.807, 2.05) is 12.1 Å². The van der Waals surface area contributed by atoms with Crippen LogP contribution in [0.1, 0.15) is 30.0 Å². The maximum absolute atomic E-state index is 13.1. The van der Waals surface area contributed by atoms with Gasteiger partial charge >= 0.3 is 0 Å². The van der Waals surface area contributed by atoms with E-state index in [1.54, 1.807) is 11.3 Å². The fourth-order valence-corrected chi connectivity index (χ4v) is 3.30. The van der Waals surface area contributed by atoms with Crippen LogP contribution in [0.25, 0.3) is 0 Å². The molecule has 0 spiro atoms. The van der Waals surface area contributed by atoms with Gasteiger partial charge in [-0.2, -0.15) is 11.3 Å². The zero-order valence-corrected chi connectivity index (χ0v) is 12.2. The summed E-state index contributed by atoms with van der Waals surface area (Å²) in [5, 5.41) is 4.30. The minimum absolute atomic E-state index is 0.169. The van der Waals surface area contributed by atoms with Crippen molar-refractivity contribution in [1.82, 2.24) is 4.90 Å². The highest BCUT2D eigenvalue weighted by Gasteiger charge is 2.34. The number of nitrogens with zero attached hydrogens (tertiary/aromatic N) is 1. The van der Waals surface area contributed by atoms with Crippen LogP contribution in [0.3, 0.4) is 0 Å². The molecule has 1 heterocycles. The van der Waals surface area contributed by atoms with E-state index >= 15 is 0 Å². The summed E-state index contributed by atoms with van der Waals surface area (Å²) >= 11 is 1.72. The zero-order chi connectivity index (χ0) is 13.9. The van der Waals surface area contributed by atoms with Gasteiger partial charge in [0.1, 0.15) is 5.82 Å². The maximum Gasteiger partial charge on any atom is 0.123 e. The van der Waals surface area contributed by atoms with Crippen molar-refractivity contribution in [3.05, 3.63) is 58.0 Å². The molecule has 1 unspecified atom stereocenters. The summed E-state index contributed by atoms with van der Waals surface area (Å²) in [6.45, 7) is 1.49. The van der Waals surface area contributed by atoms with Crippen molar-refractivity contribution in [2.75, 3.05) is 6.54 Å². The van der Waals surface area contributed by atoms with Gasteiger partial charge in [-0.1, -0.05) is 12.1 Å². The Bertz CT molecular complexity index is 534. The number of nitrogens with two attached hydrogens (primary N) is 1. The Labute approximate surface area is 123 Å². The summed E-state index contributed by atoms with van der Waals surface area (Å²) in [5.74, 6) is -0.194. The van der Waals surface area contributed by atoms with Gasteiger partial charge in [0.2, 0.25) is 0 Å². The molecule has 2 aromatic rings. The molecule has 20 heavy (non-hydrogen) atoms. The van der Waals surface area contributed by atoms with Crippen LogP contribution in [0, 0.1) is 5.82 Å². The average molecular weight is 290 g/mol. The highest BCUT2D eigenvalue weighted by molar-refractivity contribution is 7.07. The molecule has 1 aromatic heterocycles. The number of thiophene rings is 1. The Balaban J connectivity index is 1.82. The molecule has 4 heteroatoms. The van der Waals surface area contributed by atoms with Crippen molar-refractivity contribution in [2.24, 2.45) is 5.73 Å². The van der Waals surface area contributed by atoms with Crippen LogP contribution in [0.2, 0.25) is 0 Å². The van der Waals surface area contributed by atoms with Crippen LogP contribution in [-0.2, 0) is 6.54 Å². The summed E-state index contributed by atoms with van der Waals surface area (Å²) in [6, 6.07) is 9.71. The molecule has 1 aliphatic rings. The van der Waals surface area contributed by atoms with Crippen molar-refractivity contribution >= 4 is 11.3 Å². The van der Waals surface area contributed by atoms with Gasteiger partial charge < -0.3 is 5.73 Å². The molecule has 1 saturated carbocycles. The third-order valence-corrected chi connectivity index (χ3v) is 4.57. The van der Waals surface area contributed by atoms with Crippen LogP contribution in [0.4, 0.5) is 4.39 Å². The Morgan fingerprint density at radius 2 is 2.00 bits per heavy atom. The third kappa shape index (κ3) is 3.08. The molecular formula is C16H19FN2S. The van der Waals surface area contributed by atoms with E-state index in [9.17, 15) is 4.39 Å². The maximum atomic E-state index is 13.1. The smallest absolute Gasteiger partial charge is 0.123 e. The molecule has 1 fully saturated rings. The van der Waals surface area contributed by atoms with Gasteiger partial charge in [0.15, 0.2) is 0 Å². The first-order chi connectivity index (χ1) is 9.78. The second-order valence-corrected chi connectivity index (χ2v) is 6.12. The van der Waals surface area contributed by atoms with Crippen molar-refractivity contribution < 1.29 is 4.39 Å². The second kappa shape index (κ2) is 6.04. The topological polar surface area (TPSA) is 29.3 Å². The number of halogens is 1. The molecule has 0 saturated heterocycles. The Kier molecular flexibility index (Phi) is 4.15. The largest absolute Gasteiger partial charge is 0.329 e. The summed E-state index contributed by atoms with van der Waals surface area (Å²) in [5.41, 5.74) is 8.45. The molecule has 0 bridgehead atoms. The first kappa shape index (κ1) is 13.7. The molecule has 0 aliphatic heterocycles. The van der Waals surface area contributed by atoms with E-state index in [-0.39, 0.29) is 11.9 Å². The zero-order valence-electron chi connectivity index (χ0n) is 11.3. The fourth-order valence-electron chi connectivity index (χ4n) is 2.64. The highest BCUT2D eigenvalue weighted by atomic mass is 32.1. The van der Waals surface area contributed by atoms with Gasteiger partial charge in [0.05, 0.1) is 0 Å². The lowest BCUT2D eigenvalue weighted by atomic mass is 10.0. The molecule has 106 valence electrons. The standard InChI is InChI=1S/C16H19FN2S/c17-14-3-1-13(2-4-14)16(9-18)19(15-5-6-15)10-12-7-8-20-11-12/h1-4,7-8,11,15-16H,5-6,9-10,18H2. The number of hydrogen-bond acceptors (Lipinski definition) is 3. The lowest BCUT2D eigenvalue weighted by Gasteiger charge is -2.31. The quantitative estimate of drug-likeness (QED) is 0.881. The van der Waals surface area contributed by atoms with Crippen molar-refractivity contribution in [2.45, 2.75) is 31.5 Å². The Hall–Kier alpha value is -1.23. The number of rotatable bonds is 6. The van der Waals surface area contributed by atoms with Crippen LogP contribution in [0.5, 0.6) is 0 Å². The normalized spacial score (nSPS) is 16.6. The van der Waals surface area contributed by atoms with Crippen molar-refractivity contribution in [3.8, 4) is 0 Å². The third-order valence-electron chi connectivity index (χ3n) is 3.84. The predicted molar refractivity (Wildman–Crippen MR) is 81.1 cm³/mol. The Morgan fingerprint density at radius 1 is 1.25 bits per heavy atom. The molecule has 3 rings (SSSR count). The highest BCUT2D eigenvalue weighted by Crippen LogP contribution is 2.35. The van der Waals surface area contributed by atoms with Crippen LogP contribution >= 0.6 is 11.3 Å². The van der Waals surface area contributed by atoms with Gasteiger partial charge in [-0.25, -0.2) is 4.39 Å². The van der Waals surface area contributed by atoms with Gasteiger partial charge in [-0.3, -0.25) is 4.90 Å². The van der Waals surface area contributed by atoms with Crippen molar-refractivity contribution in [1.29, 1.82) is 0 Å². The lowest BCUT2D eigenvalue weighted by molar-refractivity contribution is 0.182.